The van der Waals surface area contributed by atoms with Crippen molar-refractivity contribution in [1.82, 2.24) is 15.1 Å². The van der Waals surface area contributed by atoms with Crippen LogP contribution < -0.4 is 10.6 Å². The van der Waals surface area contributed by atoms with Gasteiger partial charge in [-0.25, -0.2) is 4.68 Å². The second kappa shape index (κ2) is 10.7. The lowest BCUT2D eigenvalue weighted by molar-refractivity contribution is -0.137. The van der Waals surface area contributed by atoms with Crippen LogP contribution in [0, 0.1) is 13.8 Å². The maximum absolute atomic E-state index is 13.2. The number of para-hydroxylation sites is 1. The van der Waals surface area contributed by atoms with Crippen LogP contribution in [0.2, 0.25) is 0 Å². The van der Waals surface area contributed by atoms with Gasteiger partial charge in [-0.1, -0.05) is 60.2 Å². The van der Waals surface area contributed by atoms with Gasteiger partial charge in [0, 0.05) is 11.6 Å². The summed E-state index contributed by atoms with van der Waals surface area (Å²) in [6.07, 6.45) is -0.285. The number of aromatic nitrogens is 2. The summed E-state index contributed by atoms with van der Waals surface area (Å²) in [4.78, 5) is 37.6. The first-order valence-corrected chi connectivity index (χ1v) is 11.4. The molecule has 0 aliphatic carbocycles. The number of carboxylic acid groups (broad SMARTS) is 1. The number of hydrogen-bond acceptors (Lipinski definition) is 4. The second-order valence-corrected chi connectivity index (χ2v) is 8.47. The summed E-state index contributed by atoms with van der Waals surface area (Å²) >= 11 is 0. The Morgan fingerprint density at radius 3 is 2.19 bits per heavy atom. The van der Waals surface area contributed by atoms with Crippen LogP contribution in [-0.2, 0) is 4.79 Å². The molecule has 1 aromatic heterocycles. The van der Waals surface area contributed by atoms with E-state index in [1.54, 1.807) is 36.4 Å². The first-order chi connectivity index (χ1) is 17.3. The molecule has 0 saturated carbocycles. The highest BCUT2D eigenvalue weighted by Crippen LogP contribution is 2.24. The van der Waals surface area contributed by atoms with Crippen molar-refractivity contribution in [3.63, 3.8) is 0 Å². The normalized spacial score (nSPS) is 11.5. The zero-order valence-electron chi connectivity index (χ0n) is 19.9. The number of aryl methyl sites for hydroxylation is 2. The number of nitrogens with one attached hydrogen (secondary N) is 2. The molecule has 0 fully saturated rings. The molecule has 182 valence electrons. The number of carboxylic acids is 1. The minimum Gasteiger partial charge on any atom is -0.481 e. The van der Waals surface area contributed by atoms with Gasteiger partial charge in [0.25, 0.3) is 11.8 Å². The van der Waals surface area contributed by atoms with Crippen molar-refractivity contribution < 1.29 is 19.5 Å². The molecule has 0 radical (unpaired) electrons. The Bertz CT molecular complexity index is 1400. The number of rotatable bonds is 8. The van der Waals surface area contributed by atoms with Crippen molar-refractivity contribution in [3.05, 3.63) is 113 Å². The number of nitrogens with zero attached hydrogens (tertiary/aromatic N) is 2. The Kier molecular flexibility index (Phi) is 7.25. The highest BCUT2D eigenvalue weighted by atomic mass is 16.4. The third kappa shape index (κ3) is 5.67. The highest BCUT2D eigenvalue weighted by Gasteiger charge is 2.24. The number of amides is 2. The van der Waals surface area contributed by atoms with Crippen LogP contribution >= 0.6 is 0 Å². The van der Waals surface area contributed by atoms with Gasteiger partial charge >= 0.3 is 5.97 Å². The third-order valence-corrected chi connectivity index (χ3v) is 5.71. The predicted octanol–water partition coefficient (Wildman–Crippen LogP) is 4.69. The molecule has 1 atom stereocenters. The van der Waals surface area contributed by atoms with Crippen molar-refractivity contribution in [2.45, 2.75) is 26.3 Å². The van der Waals surface area contributed by atoms with E-state index in [1.807, 2.05) is 56.3 Å². The van der Waals surface area contributed by atoms with Crippen LogP contribution in [-0.4, -0.2) is 32.7 Å². The van der Waals surface area contributed by atoms with Crippen LogP contribution in [0.1, 0.15) is 50.0 Å². The Hall–Kier alpha value is -4.72. The fourth-order valence-electron chi connectivity index (χ4n) is 3.99. The minimum atomic E-state index is -1.04. The maximum Gasteiger partial charge on any atom is 0.305 e. The number of anilines is 1. The second-order valence-electron chi connectivity index (χ2n) is 8.47. The van der Waals surface area contributed by atoms with Gasteiger partial charge in [0.1, 0.15) is 5.82 Å². The molecule has 4 rings (SSSR count). The Morgan fingerprint density at radius 2 is 1.56 bits per heavy atom. The summed E-state index contributed by atoms with van der Waals surface area (Å²) in [5, 5.41) is 19.5. The lowest BCUT2D eigenvalue weighted by Gasteiger charge is -2.19. The SMILES string of the molecule is Cc1ccc([C@H](CC(=O)O)NC(=O)c2cc(NC(=O)c3ccccc3)n(-c3ccccc3)n2)c(C)c1. The summed E-state index contributed by atoms with van der Waals surface area (Å²) in [7, 11) is 0. The number of carbonyl (C=O) groups is 3. The van der Waals surface area contributed by atoms with E-state index in [-0.39, 0.29) is 18.0 Å². The number of aliphatic carboxylic acids is 1. The molecule has 36 heavy (non-hydrogen) atoms. The molecule has 1 heterocycles. The third-order valence-electron chi connectivity index (χ3n) is 5.71. The van der Waals surface area contributed by atoms with E-state index in [2.05, 4.69) is 15.7 Å². The van der Waals surface area contributed by atoms with E-state index < -0.39 is 17.9 Å². The van der Waals surface area contributed by atoms with Crippen molar-refractivity contribution >= 4 is 23.6 Å². The van der Waals surface area contributed by atoms with Gasteiger partial charge < -0.3 is 15.7 Å². The minimum absolute atomic E-state index is 0.0439. The van der Waals surface area contributed by atoms with Gasteiger partial charge in [-0.3, -0.25) is 14.4 Å². The molecule has 2 amide bonds. The average Bonchev–Trinajstić information content (AvgIpc) is 3.28. The van der Waals surface area contributed by atoms with Crippen LogP contribution in [0.3, 0.4) is 0 Å². The van der Waals surface area contributed by atoms with Crippen molar-refractivity contribution in [1.29, 1.82) is 0 Å². The topological polar surface area (TPSA) is 113 Å². The van der Waals surface area contributed by atoms with E-state index in [0.717, 1.165) is 16.7 Å². The summed E-state index contributed by atoms with van der Waals surface area (Å²) < 4.78 is 1.47. The zero-order valence-corrected chi connectivity index (χ0v) is 19.9. The molecule has 3 aromatic carbocycles. The molecule has 3 N–H and O–H groups in total. The molecular weight excluding hydrogens is 456 g/mol. The van der Waals surface area contributed by atoms with Gasteiger partial charge in [0.2, 0.25) is 0 Å². The first-order valence-electron chi connectivity index (χ1n) is 11.4. The Balaban J connectivity index is 1.66. The van der Waals surface area contributed by atoms with E-state index in [4.69, 9.17) is 0 Å². The van der Waals surface area contributed by atoms with Gasteiger partial charge in [-0.15, -0.1) is 0 Å². The van der Waals surface area contributed by atoms with E-state index in [0.29, 0.717) is 17.1 Å². The number of hydrogen-bond donors (Lipinski definition) is 3. The van der Waals surface area contributed by atoms with Crippen LogP contribution in [0.15, 0.2) is 84.9 Å². The van der Waals surface area contributed by atoms with Gasteiger partial charge in [-0.2, -0.15) is 5.10 Å². The molecular formula is C28H26N4O4. The molecule has 4 aromatic rings. The van der Waals surface area contributed by atoms with Crippen LogP contribution in [0.4, 0.5) is 5.82 Å². The summed E-state index contributed by atoms with van der Waals surface area (Å²) in [5.74, 6) is -1.63. The molecule has 0 unspecified atom stereocenters. The lowest BCUT2D eigenvalue weighted by Crippen LogP contribution is -2.31. The molecule has 0 aliphatic heterocycles. The van der Waals surface area contributed by atoms with E-state index >= 15 is 0 Å². The number of benzene rings is 3. The molecule has 0 bridgehead atoms. The van der Waals surface area contributed by atoms with Crippen LogP contribution in [0.5, 0.6) is 0 Å². The molecule has 0 aliphatic rings. The quantitative estimate of drug-likeness (QED) is 0.337. The van der Waals surface area contributed by atoms with Gasteiger partial charge in [0.15, 0.2) is 5.69 Å². The number of carbonyl (C=O) groups excluding carboxylic acids is 2. The molecule has 0 spiro atoms. The van der Waals surface area contributed by atoms with Crippen molar-refractivity contribution in [3.8, 4) is 5.69 Å². The van der Waals surface area contributed by atoms with Crippen molar-refractivity contribution in [2.75, 3.05) is 5.32 Å². The zero-order chi connectivity index (χ0) is 25.7. The standard InChI is InChI=1S/C28H26N4O4/c1-18-13-14-22(19(2)15-18)23(17-26(33)34)29-28(36)24-16-25(30-27(35)20-9-5-3-6-10-20)32(31-24)21-11-7-4-8-12-21/h3-16,23H,17H2,1-2H3,(H,29,36)(H,30,35)(H,33,34)/t23-/m0/s1. The first kappa shape index (κ1) is 24.4. The lowest BCUT2D eigenvalue weighted by atomic mass is 9.97. The fraction of sp³-hybridized carbons (Fsp3) is 0.143. The Morgan fingerprint density at radius 1 is 0.889 bits per heavy atom. The Labute approximate surface area is 208 Å². The van der Waals surface area contributed by atoms with E-state index in [1.165, 1.54) is 10.7 Å². The largest absolute Gasteiger partial charge is 0.481 e. The smallest absolute Gasteiger partial charge is 0.305 e. The summed E-state index contributed by atoms with van der Waals surface area (Å²) in [6.45, 7) is 3.83. The summed E-state index contributed by atoms with van der Waals surface area (Å²) in [5.41, 5.74) is 3.79. The fourth-order valence-corrected chi connectivity index (χ4v) is 3.99. The van der Waals surface area contributed by atoms with Gasteiger partial charge in [0.05, 0.1) is 18.2 Å². The summed E-state index contributed by atoms with van der Waals surface area (Å²) in [6, 6.07) is 24.2. The monoisotopic (exact) mass is 482 g/mol. The average molecular weight is 483 g/mol. The molecule has 8 heteroatoms. The van der Waals surface area contributed by atoms with Crippen molar-refractivity contribution in [2.24, 2.45) is 0 Å². The maximum atomic E-state index is 13.2. The van der Waals surface area contributed by atoms with Gasteiger partial charge in [-0.05, 0) is 49.2 Å². The van der Waals surface area contributed by atoms with E-state index in [9.17, 15) is 19.5 Å². The highest BCUT2D eigenvalue weighted by molar-refractivity contribution is 6.04. The molecule has 0 saturated heterocycles. The molecule has 8 nitrogen and oxygen atoms in total. The predicted molar refractivity (Wildman–Crippen MR) is 136 cm³/mol. The van der Waals surface area contributed by atoms with Crippen LogP contribution in [0.25, 0.3) is 5.69 Å².